The smallest absolute Gasteiger partial charge is 0.331 e. The van der Waals surface area contributed by atoms with Gasteiger partial charge in [0.1, 0.15) is 11.5 Å². The number of methoxy groups -OCH3 is 1. The van der Waals surface area contributed by atoms with Crippen molar-refractivity contribution in [2.45, 2.75) is 20.0 Å². The summed E-state index contributed by atoms with van der Waals surface area (Å²) in [6, 6.07) is 21.8. The van der Waals surface area contributed by atoms with Gasteiger partial charge in [-0.1, -0.05) is 48.0 Å². The van der Waals surface area contributed by atoms with Crippen molar-refractivity contribution in [2.24, 2.45) is 14.1 Å². The molecule has 0 bridgehead atoms. The van der Waals surface area contributed by atoms with Gasteiger partial charge in [0.25, 0.3) is 5.56 Å². The van der Waals surface area contributed by atoms with Gasteiger partial charge < -0.3 is 14.0 Å². The fourth-order valence-corrected chi connectivity index (χ4v) is 5.26. The molecule has 0 saturated heterocycles. The number of aryl methyl sites for hydroxylation is 3. The van der Waals surface area contributed by atoms with E-state index < -0.39 is 6.10 Å². The number of hydrogen-bond donors (Lipinski definition) is 0. The third kappa shape index (κ3) is 3.34. The highest BCUT2D eigenvalue weighted by Gasteiger charge is 2.36. The Hall–Kier alpha value is -4.52. The Morgan fingerprint density at radius 1 is 0.838 bits per heavy atom. The molecule has 0 N–H and O–H groups in total. The molecule has 0 fully saturated rings. The molecule has 0 aliphatic carbocycles. The fraction of sp³-hybridized carbons (Fsp3) is 0.200. The molecule has 7 heteroatoms. The number of ether oxygens (including phenoxy) is 2. The predicted molar refractivity (Wildman–Crippen MR) is 144 cm³/mol. The molecule has 0 spiro atoms. The Morgan fingerprint density at radius 3 is 2.19 bits per heavy atom. The van der Waals surface area contributed by atoms with E-state index in [0.29, 0.717) is 16.7 Å². The maximum atomic E-state index is 13.8. The van der Waals surface area contributed by atoms with Gasteiger partial charge in [-0.2, -0.15) is 0 Å². The molecule has 1 aliphatic rings. The number of hydrogen-bond acceptors (Lipinski definition) is 4. The van der Waals surface area contributed by atoms with E-state index in [2.05, 4.69) is 10.6 Å². The monoisotopic (exact) mass is 493 g/mol. The second-order valence-electron chi connectivity index (χ2n) is 9.61. The summed E-state index contributed by atoms with van der Waals surface area (Å²) in [5.41, 5.74) is 6.12. The van der Waals surface area contributed by atoms with Crippen LogP contribution in [0.1, 0.15) is 28.5 Å². The van der Waals surface area contributed by atoms with Gasteiger partial charge in [0.15, 0.2) is 6.10 Å². The minimum absolute atomic E-state index is 0.335. The number of fused-ring (bicyclic) bond motifs is 5. The number of nitrogens with zero attached hydrogens (tertiary/aromatic N) is 3. The molecule has 7 nitrogen and oxygen atoms in total. The van der Waals surface area contributed by atoms with Crippen LogP contribution in [0, 0.1) is 13.8 Å². The van der Waals surface area contributed by atoms with Crippen LogP contribution in [0.2, 0.25) is 0 Å². The van der Waals surface area contributed by atoms with E-state index in [0.717, 1.165) is 45.1 Å². The molecule has 2 aromatic heterocycles. The minimum atomic E-state index is -0.555. The minimum Gasteiger partial charge on any atom is -0.497 e. The van der Waals surface area contributed by atoms with Crippen molar-refractivity contribution < 1.29 is 9.47 Å². The standard InChI is InChI=1S/C30H27N3O4/c1-17-6-9-19(10-7-17)25-24-26(31(3)30(35)32(4)29(24)34)27-28(20-11-13-21(36-5)14-12-20)37-23-15-8-18(2)16-22(23)33(25)27/h6-16,28H,1-5H3. The number of rotatable bonds is 3. The molecule has 37 heavy (non-hydrogen) atoms. The van der Waals surface area contributed by atoms with Crippen molar-refractivity contribution in [3.63, 3.8) is 0 Å². The van der Waals surface area contributed by atoms with Crippen molar-refractivity contribution >= 4 is 10.9 Å². The topological polar surface area (TPSA) is 67.4 Å². The molecule has 0 amide bonds. The maximum absolute atomic E-state index is 13.8. The van der Waals surface area contributed by atoms with Crippen molar-refractivity contribution in [3.05, 3.63) is 110 Å². The average molecular weight is 494 g/mol. The second kappa shape index (κ2) is 8.27. The second-order valence-corrected chi connectivity index (χ2v) is 9.61. The van der Waals surface area contributed by atoms with Gasteiger partial charge in [0.2, 0.25) is 0 Å². The van der Waals surface area contributed by atoms with Crippen LogP contribution in [0.5, 0.6) is 11.5 Å². The van der Waals surface area contributed by atoms with Crippen LogP contribution in [-0.4, -0.2) is 20.8 Å². The first-order valence-corrected chi connectivity index (χ1v) is 12.1. The third-order valence-corrected chi connectivity index (χ3v) is 7.20. The van der Waals surface area contributed by atoms with E-state index in [1.165, 1.54) is 11.6 Å². The average Bonchev–Trinajstić information content (AvgIpc) is 3.27. The molecular formula is C30H27N3O4. The van der Waals surface area contributed by atoms with Crippen LogP contribution in [0.3, 0.4) is 0 Å². The Bertz CT molecular complexity index is 1810. The van der Waals surface area contributed by atoms with Gasteiger partial charge in [0.05, 0.1) is 35.1 Å². The lowest BCUT2D eigenvalue weighted by Gasteiger charge is -2.30. The van der Waals surface area contributed by atoms with Crippen LogP contribution in [0.15, 0.2) is 76.3 Å². The van der Waals surface area contributed by atoms with Crippen molar-refractivity contribution in [1.29, 1.82) is 0 Å². The van der Waals surface area contributed by atoms with E-state index in [-0.39, 0.29) is 11.2 Å². The molecule has 1 atom stereocenters. The largest absolute Gasteiger partial charge is 0.497 e. The van der Waals surface area contributed by atoms with E-state index in [1.54, 1.807) is 18.7 Å². The van der Waals surface area contributed by atoms with Crippen molar-refractivity contribution in [2.75, 3.05) is 7.11 Å². The van der Waals surface area contributed by atoms with Gasteiger partial charge in [-0.3, -0.25) is 13.9 Å². The van der Waals surface area contributed by atoms with E-state index in [9.17, 15) is 9.59 Å². The first kappa shape index (κ1) is 22.9. The zero-order chi connectivity index (χ0) is 26.0. The van der Waals surface area contributed by atoms with Gasteiger partial charge in [0, 0.05) is 14.1 Å². The molecule has 3 heterocycles. The SMILES string of the molecule is COc1ccc(C2Oc3ccc(C)cc3-n3c(-c4ccc(C)cc4)c4c(=O)n(C)c(=O)n(C)c4c32)cc1. The predicted octanol–water partition coefficient (Wildman–Crippen LogP) is 4.80. The van der Waals surface area contributed by atoms with Crippen LogP contribution < -0.4 is 20.7 Å². The van der Waals surface area contributed by atoms with Gasteiger partial charge in [-0.25, -0.2) is 4.79 Å². The van der Waals surface area contributed by atoms with E-state index in [1.807, 2.05) is 74.5 Å². The Balaban J connectivity index is 1.83. The van der Waals surface area contributed by atoms with Gasteiger partial charge in [-0.05, 0) is 54.8 Å². The maximum Gasteiger partial charge on any atom is 0.331 e. The van der Waals surface area contributed by atoms with E-state index >= 15 is 0 Å². The summed E-state index contributed by atoms with van der Waals surface area (Å²) in [6.45, 7) is 4.06. The van der Waals surface area contributed by atoms with Crippen LogP contribution >= 0.6 is 0 Å². The Labute approximate surface area is 213 Å². The highest BCUT2D eigenvalue weighted by Crippen LogP contribution is 2.47. The Morgan fingerprint density at radius 2 is 1.51 bits per heavy atom. The molecule has 186 valence electrons. The quantitative estimate of drug-likeness (QED) is 0.362. The van der Waals surface area contributed by atoms with Crippen molar-refractivity contribution in [1.82, 2.24) is 13.7 Å². The summed E-state index contributed by atoms with van der Waals surface area (Å²) in [5, 5.41) is 0.486. The number of benzene rings is 3. The lowest BCUT2D eigenvalue weighted by molar-refractivity contribution is 0.229. The van der Waals surface area contributed by atoms with Gasteiger partial charge >= 0.3 is 5.69 Å². The van der Waals surface area contributed by atoms with E-state index in [4.69, 9.17) is 9.47 Å². The van der Waals surface area contributed by atoms with Crippen molar-refractivity contribution in [3.8, 4) is 28.4 Å². The van der Waals surface area contributed by atoms with Crippen LogP contribution in [0.4, 0.5) is 0 Å². The molecule has 1 unspecified atom stereocenters. The zero-order valence-electron chi connectivity index (χ0n) is 21.4. The molecule has 6 rings (SSSR count). The molecule has 5 aromatic rings. The Kier molecular flexibility index (Phi) is 5.12. The molecule has 1 aliphatic heterocycles. The fourth-order valence-electron chi connectivity index (χ4n) is 5.26. The first-order chi connectivity index (χ1) is 17.8. The lowest BCUT2D eigenvalue weighted by atomic mass is 10.0. The normalized spacial score (nSPS) is 14.2. The third-order valence-electron chi connectivity index (χ3n) is 7.20. The van der Waals surface area contributed by atoms with Crippen LogP contribution in [-0.2, 0) is 14.1 Å². The summed E-state index contributed by atoms with van der Waals surface area (Å²) in [4.78, 5) is 26.9. The summed E-state index contributed by atoms with van der Waals surface area (Å²) in [5.74, 6) is 1.44. The lowest BCUT2D eigenvalue weighted by Crippen LogP contribution is -2.37. The zero-order valence-corrected chi connectivity index (χ0v) is 21.4. The summed E-state index contributed by atoms with van der Waals surface area (Å²) >= 11 is 0. The van der Waals surface area contributed by atoms with Crippen LogP contribution in [0.25, 0.3) is 27.8 Å². The summed E-state index contributed by atoms with van der Waals surface area (Å²) in [7, 11) is 4.86. The molecule has 0 saturated carbocycles. The van der Waals surface area contributed by atoms with Gasteiger partial charge in [-0.15, -0.1) is 0 Å². The highest BCUT2D eigenvalue weighted by atomic mass is 16.5. The molecular weight excluding hydrogens is 466 g/mol. The molecule has 0 radical (unpaired) electrons. The highest BCUT2D eigenvalue weighted by molar-refractivity contribution is 5.98. The summed E-state index contributed by atoms with van der Waals surface area (Å²) in [6.07, 6.45) is -0.555. The summed E-state index contributed by atoms with van der Waals surface area (Å²) < 4.78 is 16.8. The number of aromatic nitrogens is 3. The first-order valence-electron chi connectivity index (χ1n) is 12.1. The molecule has 3 aromatic carbocycles.